The van der Waals surface area contributed by atoms with Crippen LogP contribution in [0, 0.1) is 5.92 Å². The Labute approximate surface area is 152 Å². The van der Waals surface area contributed by atoms with E-state index in [1.54, 1.807) is 18.2 Å². The van der Waals surface area contributed by atoms with Crippen LogP contribution in [0.4, 0.5) is 0 Å². The summed E-state index contributed by atoms with van der Waals surface area (Å²) in [7, 11) is 1.08. The Balaban J connectivity index is 2.20. The number of hydrogen-bond donors (Lipinski definition) is 0. The third-order valence-electron chi connectivity index (χ3n) is 4.35. The highest BCUT2D eigenvalue weighted by molar-refractivity contribution is 6.40. The van der Waals surface area contributed by atoms with E-state index in [0.29, 0.717) is 29.2 Å². The Morgan fingerprint density at radius 1 is 1.19 bits per heavy atom. The Kier molecular flexibility index (Phi) is 6.95. The van der Waals surface area contributed by atoms with Gasteiger partial charge in [-0.25, -0.2) is 9.59 Å². The van der Waals surface area contributed by atoms with Gasteiger partial charge in [-0.05, 0) is 30.5 Å². The summed E-state index contributed by atoms with van der Waals surface area (Å²) in [5.74, 6) is -1.04. The molecular weight excluding hydrogens is 336 g/mol. The normalized spacial score (nSPS) is 12.0. The molecular formula is C20H24O6. The molecule has 1 unspecified atom stereocenters. The van der Waals surface area contributed by atoms with Crippen molar-refractivity contribution >= 4 is 22.7 Å². The first-order chi connectivity index (χ1) is 12.5. The number of carbonyl (C=O) groups is 2. The highest BCUT2D eigenvalue weighted by Crippen LogP contribution is 2.22. The van der Waals surface area contributed by atoms with E-state index in [9.17, 15) is 14.4 Å². The number of unbranched alkanes of at least 4 members (excludes halogenated alkanes) is 1. The Hall–Kier alpha value is -2.63. The van der Waals surface area contributed by atoms with Crippen molar-refractivity contribution < 1.29 is 23.5 Å². The molecule has 0 radical (unpaired) electrons. The van der Waals surface area contributed by atoms with Crippen molar-refractivity contribution in [3.8, 4) is 5.75 Å². The minimum atomic E-state index is -1.10. The fraction of sp³-hybridized carbons (Fsp3) is 0.450. The summed E-state index contributed by atoms with van der Waals surface area (Å²) in [4.78, 5) is 35.2. The molecule has 2 rings (SSSR count). The van der Waals surface area contributed by atoms with Crippen LogP contribution in [0.5, 0.6) is 5.75 Å². The van der Waals surface area contributed by atoms with Crippen molar-refractivity contribution in [3.63, 3.8) is 0 Å². The number of ether oxygens (including phenoxy) is 2. The van der Waals surface area contributed by atoms with Crippen molar-refractivity contribution in [1.29, 1.82) is 0 Å². The standard InChI is InChI=1S/C20H24O6/c1-4-6-7-13(5-2)12-25-15-9-8-14-10-16(18(21)20(23)24-3)19(22)26-17(14)11-15/h8-11,13H,4-7,12H2,1-3H3. The van der Waals surface area contributed by atoms with E-state index in [1.165, 1.54) is 12.5 Å². The van der Waals surface area contributed by atoms with Crippen LogP contribution in [0.25, 0.3) is 11.0 Å². The number of Topliss-reactive ketones (excluding diaryl/α,β-unsaturated/α-hetero) is 1. The van der Waals surface area contributed by atoms with E-state index in [2.05, 4.69) is 18.6 Å². The summed E-state index contributed by atoms with van der Waals surface area (Å²) >= 11 is 0. The smallest absolute Gasteiger partial charge is 0.379 e. The van der Waals surface area contributed by atoms with Gasteiger partial charge in [0.15, 0.2) is 0 Å². The second kappa shape index (κ2) is 9.17. The molecule has 0 bridgehead atoms. The molecule has 0 spiro atoms. The second-order valence-electron chi connectivity index (χ2n) is 6.20. The van der Waals surface area contributed by atoms with E-state index < -0.39 is 17.4 Å². The van der Waals surface area contributed by atoms with Crippen LogP contribution in [-0.2, 0) is 9.53 Å². The lowest BCUT2D eigenvalue weighted by Gasteiger charge is -2.15. The van der Waals surface area contributed by atoms with Crippen LogP contribution in [-0.4, -0.2) is 25.5 Å². The van der Waals surface area contributed by atoms with E-state index in [4.69, 9.17) is 9.15 Å². The predicted octanol–water partition coefficient (Wildman–Crippen LogP) is 3.74. The van der Waals surface area contributed by atoms with Crippen molar-refractivity contribution in [1.82, 2.24) is 0 Å². The molecule has 0 aliphatic heterocycles. The number of methoxy groups -OCH3 is 1. The topological polar surface area (TPSA) is 82.8 Å². The van der Waals surface area contributed by atoms with Crippen molar-refractivity contribution in [2.24, 2.45) is 5.92 Å². The molecule has 1 aromatic heterocycles. The van der Waals surface area contributed by atoms with Crippen LogP contribution < -0.4 is 10.4 Å². The maximum absolute atomic E-state index is 12.0. The van der Waals surface area contributed by atoms with Gasteiger partial charge in [0.05, 0.1) is 13.7 Å². The Bertz CT molecular complexity index is 836. The molecule has 0 aliphatic carbocycles. The zero-order valence-corrected chi connectivity index (χ0v) is 15.4. The fourth-order valence-corrected chi connectivity index (χ4v) is 2.65. The van der Waals surface area contributed by atoms with E-state index >= 15 is 0 Å². The SMILES string of the molecule is CCCCC(CC)COc1ccc2cc(C(=O)C(=O)OC)c(=O)oc2c1. The summed E-state index contributed by atoms with van der Waals surface area (Å²) < 4.78 is 15.4. The molecule has 1 aromatic carbocycles. The minimum absolute atomic E-state index is 0.301. The van der Waals surface area contributed by atoms with Gasteiger partial charge in [-0.1, -0.05) is 33.1 Å². The first-order valence-electron chi connectivity index (χ1n) is 8.83. The summed E-state index contributed by atoms with van der Waals surface area (Å²) in [6, 6.07) is 6.39. The summed E-state index contributed by atoms with van der Waals surface area (Å²) in [5.41, 5.74) is -0.918. The van der Waals surface area contributed by atoms with Gasteiger partial charge >= 0.3 is 11.6 Å². The average Bonchev–Trinajstić information content (AvgIpc) is 2.66. The molecule has 0 fully saturated rings. The predicted molar refractivity (Wildman–Crippen MR) is 97.6 cm³/mol. The summed E-state index contributed by atoms with van der Waals surface area (Å²) in [6.45, 7) is 4.91. The zero-order chi connectivity index (χ0) is 19.1. The van der Waals surface area contributed by atoms with Gasteiger partial charge in [0.2, 0.25) is 0 Å². The summed E-state index contributed by atoms with van der Waals surface area (Å²) in [6.07, 6.45) is 4.49. The molecule has 26 heavy (non-hydrogen) atoms. The average molecular weight is 360 g/mol. The Morgan fingerprint density at radius 2 is 1.96 bits per heavy atom. The monoisotopic (exact) mass is 360 g/mol. The minimum Gasteiger partial charge on any atom is -0.493 e. The lowest BCUT2D eigenvalue weighted by atomic mass is 10.0. The van der Waals surface area contributed by atoms with E-state index in [1.807, 2.05) is 0 Å². The van der Waals surface area contributed by atoms with Crippen LogP contribution in [0.1, 0.15) is 49.9 Å². The van der Waals surface area contributed by atoms with Crippen LogP contribution >= 0.6 is 0 Å². The van der Waals surface area contributed by atoms with Gasteiger partial charge in [0.25, 0.3) is 5.78 Å². The zero-order valence-electron chi connectivity index (χ0n) is 15.4. The number of fused-ring (bicyclic) bond motifs is 1. The highest BCUT2D eigenvalue weighted by Gasteiger charge is 2.22. The van der Waals surface area contributed by atoms with Crippen molar-refractivity contribution in [2.75, 3.05) is 13.7 Å². The third-order valence-corrected chi connectivity index (χ3v) is 4.35. The van der Waals surface area contributed by atoms with Crippen LogP contribution in [0.3, 0.4) is 0 Å². The highest BCUT2D eigenvalue weighted by atomic mass is 16.5. The van der Waals surface area contributed by atoms with Gasteiger partial charge in [0.1, 0.15) is 16.9 Å². The molecule has 0 saturated heterocycles. The lowest BCUT2D eigenvalue weighted by Crippen LogP contribution is -2.22. The van der Waals surface area contributed by atoms with Gasteiger partial charge in [-0.15, -0.1) is 0 Å². The quantitative estimate of drug-likeness (QED) is 0.293. The number of benzene rings is 1. The molecule has 2 aromatic rings. The van der Waals surface area contributed by atoms with Gasteiger partial charge in [-0.3, -0.25) is 4.79 Å². The number of carbonyl (C=O) groups excluding carboxylic acids is 2. The lowest BCUT2D eigenvalue weighted by molar-refractivity contribution is -0.135. The number of rotatable bonds is 9. The fourth-order valence-electron chi connectivity index (χ4n) is 2.65. The van der Waals surface area contributed by atoms with Crippen molar-refractivity contribution in [2.45, 2.75) is 39.5 Å². The number of ketones is 1. The maximum Gasteiger partial charge on any atom is 0.379 e. The molecule has 6 nitrogen and oxygen atoms in total. The van der Waals surface area contributed by atoms with E-state index in [0.717, 1.165) is 26.4 Å². The third kappa shape index (κ3) is 4.71. The number of esters is 1. The van der Waals surface area contributed by atoms with Crippen LogP contribution in [0.2, 0.25) is 0 Å². The van der Waals surface area contributed by atoms with Gasteiger partial charge in [-0.2, -0.15) is 0 Å². The molecule has 0 amide bonds. The first kappa shape index (κ1) is 19.7. The second-order valence-corrected chi connectivity index (χ2v) is 6.20. The molecule has 0 N–H and O–H groups in total. The summed E-state index contributed by atoms with van der Waals surface area (Å²) in [5, 5.41) is 0.530. The Morgan fingerprint density at radius 3 is 2.62 bits per heavy atom. The van der Waals surface area contributed by atoms with Crippen molar-refractivity contribution in [3.05, 3.63) is 40.2 Å². The number of hydrogen-bond acceptors (Lipinski definition) is 6. The molecule has 1 atom stereocenters. The molecule has 140 valence electrons. The first-order valence-corrected chi connectivity index (χ1v) is 8.83. The maximum atomic E-state index is 12.0. The largest absolute Gasteiger partial charge is 0.493 e. The molecule has 0 aliphatic rings. The van der Waals surface area contributed by atoms with E-state index in [-0.39, 0.29) is 5.56 Å². The molecule has 6 heteroatoms. The molecule has 0 saturated carbocycles. The molecule has 1 heterocycles. The van der Waals surface area contributed by atoms with Gasteiger partial charge < -0.3 is 13.9 Å². The van der Waals surface area contributed by atoms with Gasteiger partial charge in [0, 0.05) is 11.5 Å². The van der Waals surface area contributed by atoms with Crippen LogP contribution in [0.15, 0.2) is 33.5 Å².